The molecule has 108 valence electrons. The number of aryl methyl sites for hydroxylation is 2. The Bertz CT molecular complexity index is 388. The van der Waals surface area contributed by atoms with E-state index in [9.17, 15) is 0 Å². The maximum atomic E-state index is 3.85. The number of thiophene rings is 1. The topological polar surface area (TPSA) is 12.0 Å². The molecule has 2 heteroatoms. The molecule has 0 amide bonds. The van der Waals surface area contributed by atoms with Gasteiger partial charge in [-0.1, -0.05) is 25.7 Å². The fraction of sp³-hybridized carbons (Fsp3) is 0.765. The van der Waals surface area contributed by atoms with Crippen LogP contribution in [0, 0.1) is 19.8 Å². The van der Waals surface area contributed by atoms with Crippen LogP contribution in [0.3, 0.4) is 0 Å². The summed E-state index contributed by atoms with van der Waals surface area (Å²) in [5, 5.41) is 3.85. The maximum Gasteiger partial charge on any atom is 0.0305 e. The van der Waals surface area contributed by atoms with E-state index in [4.69, 9.17) is 0 Å². The first-order chi connectivity index (χ1) is 9.08. The second kappa shape index (κ2) is 6.90. The minimum absolute atomic E-state index is 0.489. The molecule has 2 atom stereocenters. The molecule has 0 bridgehead atoms. The average molecular weight is 279 g/mol. The minimum Gasteiger partial charge on any atom is -0.307 e. The molecule has 0 aromatic carbocycles. The molecule has 1 heterocycles. The van der Waals surface area contributed by atoms with Crippen LogP contribution in [0.2, 0.25) is 0 Å². The minimum atomic E-state index is 0.489. The lowest BCUT2D eigenvalue weighted by molar-refractivity contribution is 0.316. The highest BCUT2D eigenvalue weighted by Gasteiger charge is 2.21. The van der Waals surface area contributed by atoms with Crippen LogP contribution in [0.1, 0.15) is 73.7 Å². The summed E-state index contributed by atoms with van der Waals surface area (Å²) in [7, 11) is 0. The van der Waals surface area contributed by atoms with Gasteiger partial charge in [-0.2, -0.15) is 0 Å². The number of nitrogens with one attached hydrogen (secondary N) is 1. The zero-order chi connectivity index (χ0) is 13.8. The first-order valence-corrected chi connectivity index (χ1v) is 8.72. The second-order valence-corrected chi connectivity index (χ2v) is 7.76. The van der Waals surface area contributed by atoms with E-state index < -0.39 is 0 Å². The first kappa shape index (κ1) is 15.1. The number of hydrogen-bond acceptors (Lipinski definition) is 2. The lowest BCUT2D eigenvalue weighted by atomic mass is 9.92. The van der Waals surface area contributed by atoms with Gasteiger partial charge in [0, 0.05) is 21.8 Å². The van der Waals surface area contributed by atoms with Crippen molar-refractivity contribution in [3.63, 3.8) is 0 Å². The van der Waals surface area contributed by atoms with Gasteiger partial charge in [0.2, 0.25) is 0 Å². The summed E-state index contributed by atoms with van der Waals surface area (Å²) >= 11 is 1.92. The maximum absolute atomic E-state index is 3.85. The Hall–Kier alpha value is -0.340. The highest BCUT2D eigenvalue weighted by molar-refractivity contribution is 7.12. The highest BCUT2D eigenvalue weighted by atomic mass is 32.1. The molecule has 1 saturated carbocycles. The standard InChI is InChI=1S/C17H29NS/c1-12-11-17(15(4)19-12)14(3)18-13(2)16-9-7-5-6-8-10-16/h11,13-14,16,18H,5-10H2,1-4H3/t13-,14?/m0/s1. The first-order valence-electron chi connectivity index (χ1n) is 7.91. The molecule has 1 unspecified atom stereocenters. The summed E-state index contributed by atoms with van der Waals surface area (Å²) in [5.74, 6) is 0.880. The molecule has 1 aromatic rings. The molecule has 1 aliphatic rings. The Kier molecular flexibility index (Phi) is 5.47. The summed E-state index contributed by atoms with van der Waals surface area (Å²) in [6.45, 7) is 9.17. The fourth-order valence-electron chi connectivity index (χ4n) is 3.51. The van der Waals surface area contributed by atoms with Gasteiger partial charge in [0.25, 0.3) is 0 Å². The van der Waals surface area contributed by atoms with Crippen LogP contribution < -0.4 is 5.32 Å². The Morgan fingerprint density at radius 3 is 2.26 bits per heavy atom. The van der Waals surface area contributed by atoms with E-state index in [1.54, 1.807) is 0 Å². The van der Waals surface area contributed by atoms with Crippen molar-refractivity contribution in [1.82, 2.24) is 5.32 Å². The molecule has 0 spiro atoms. The van der Waals surface area contributed by atoms with Gasteiger partial charge in [0.05, 0.1) is 0 Å². The molecule has 0 saturated heterocycles. The summed E-state index contributed by atoms with van der Waals surface area (Å²) in [6, 6.07) is 3.49. The molecule has 1 aliphatic carbocycles. The van der Waals surface area contributed by atoms with Gasteiger partial charge in [-0.3, -0.25) is 0 Å². The van der Waals surface area contributed by atoms with Crippen molar-refractivity contribution >= 4 is 11.3 Å². The highest BCUT2D eigenvalue weighted by Crippen LogP contribution is 2.29. The fourth-order valence-corrected chi connectivity index (χ4v) is 4.53. The molecule has 19 heavy (non-hydrogen) atoms. The zero-order valence-electron chi connectivity index (χ0n) is 13.0. The van der Waals surface area contributed by atoms with Crippen LogP contribution in [0.15, 0.2) is 6.07 Å². The third kappa shape index (κ3) is 4.06. The summed E-state index contributed by atoms with van der Waals surface area (Å²) in [5.41, 5.74) is 1.50. The zero-order valence-corrected chi connectivity index (χ0v) is 13.8. The predicted molar refractivity (Wildman–Crippen MR) is 86.0 cm³/mol. The molecule has 1 aromatic heterocycles. The Labute approximate surface area is 122 Å². The molecular formula is C17H29NS. The lowest BCUT2D eigenvalue weighted by Gasteiger charge is -2.27. The largest absolute Gasteiger partial charge is 0.307 e. The molecule has 0 aliphatic heterocycles. The van der Waals surface area contributed by atoms with E-state index in [-0.39, 0.29) is 0 Å². The average Bonchev–Trinajstić information content (AvgIpc) is 2.58. The van der Waals surface area contributed by atoms with Crippen LogP contribution in [-0.4, -0.2) is 6.04 Å². The Morgan fingerprint density at radius 2 is 1.74 bits per heavy atom. The van der Waals surface area contributed by atoms with Gasteiger partial charge in [-0.15, -0.1) is 11.3 Å². The van der Waals surface area contributed by atoms with E-state index in [1.807, 2.05) is 11.3 Å². The predicted octanol–water partition coefficient (Wildman–Crippen LogP) is 5.37. The Balaban J connectivity index is 1.93. The van der Waals surface area contributed by atoms with Crippen molar-refractivity contribution in [3.8, 4) is 0 Å². The van der Waals surface area contributed by atoms with Gasteiger partial charge in [-0.25, -0.2) is 0 Å². The second-order valence-electron chi connectivity index (χ2n) is 6.30. The summed E-state index contributed by atoms with van der Waals surface area (Å²) in [4.78, 5) is 2.91. The van der Waals surface area contributed by atoms with Gasteiger partial charge in [0.15, 0.2) is 0 Å². The van der Waals surface area contributed by atoms with Crippen molar-refractivity contribution < 1.29 is 0 Å². The normalized spacial score (nSPS) is 21.1. The van der Waals surface area contributed by atoms with Gasteiger partial charge < -0.3 is 5.32 Å². The number of hydrogen-bond donors (Lipinski definition) is 1. The Morgan fingerprint density at radius 1 is 1.11 bits per heavy atom. The van der Waals surface area contributed by atoms with Crippen LogP contribution in [0.4, 0.5) is 0 Å². The van der Waals surface area contributed by atoms with Gasteiger partial charge in [0.1, 0.15) is 0 Å². The van der Waals surface area contributed by atoms with E-state index in [0.717, 1.165) is 5.92 Å². The van der Waals surface area contributed by atoms with Crippen LogP contribution in [0.5, 0.6) is 0 Å². The molecule has 0 radical (unpaired) electrons. The molecular weight excluding hydrogens is 250 g/mol. The van der Waals surface area contributed by atoms with E-state index in [0.29, 0.717) is 12.1 Å². The van der Waals surface area contributed by atoms with Crippen molar-refractivity contribution in [2.45, 2.75) is 78.3 Å². The van der Waals surface area contributed by atoms with Crippen molar-refractivity contribution in [2.75, 3.05) is 0 Å². The smallest absolute Gasteiger partial charge is 0.0305 e. The van der Waals surface area contributed by atoms with E-state index in [1.165, 1.54) is 53.8 Å². The van der Waals surface area contributed by atoms with Gasteiger partial charge in [-0.05, 0) is 58.1 Å². The third-order valence-corrected chi connectivity index (χ3v) is 5.65. The summed E-state index contributed by atoms with van der Waals surface area (Å²) in [6.07, 6.45) is 8.59. The lowest BCUT2D eigenvalue weighted by Crippen LogP contribution is -2.35. The summed E-state index contributed by atoms with van der Waals surface area (Å²) < 4.78 is 0. The monoisotopic (exact) mass is 279 g/mol. The molecule has 1 N–H and O–H groups in total. The third-order valence-electron chi connectivity index (χ3n) is 4.67. The van der Waals surface area contributed by atoms with Crippen LogP contribution >= 0.6 is 11.3 Å². The van der Waals surface area contributed by atoms with E-state index >= 15 is 0 Å². The molecule has 1 fully saturated rings. The van der Waals surface area contributed by atoms with Crippen LogP contribution in [-0.2, 0) is 0 Å². The molecule has 1 nitrogen and oxygen atoms in total. The molecule has 2 rings (SSSR count). The number of rotatable bonds is 4. The van der Waals surface area contributed by atoms with Crippen molar-refractivity contribution in [2.24, 2.45) is 5.92 Å². The van der Waals surface area contributed by atoms with Crippen LogP contribution in [0.25, 0.3) is 0 Å². The SMILES string of the molecule is Cc1cc(C(C)N[C@@H](C)C2CCCCCC2)c(C)s1. The van der Waals surface area contributed by atoms with E-state index in [2.05, 4.69) is 39.1 Å². The quantitative estimate of drug-likeness (QED) is 0.730. The van der Waals surface area contributed by atoms with Gasteiger partial charge >= 0.3 is 0 Å². The van der Waals surface area contributed by atoms with Crippen molar-refractivity contribution in [1.29, 1.82) is 0 Å². The van der Waals surface area contributed by atoms with Crippen molar-refractivity contribution in [3.05, 3.63) is 21.4 Å².